The Kier molecular flexibility index (Phi) is 4.55. The summed E-state index contributed by atoms with van der Waals surface area (Å²) in [6.45, 7) is 2.12. The van der Waals surface area contributed by atoms with Crippen molar-refractivity contribution in [1.29, 1.82) is 0 Å². The minimum Gasteiger partial charge on any atom is -0.360 e. The van der Waals surface area contributed by atoms with Crippen LogP contribution in [0.1, 0.15) is 21.8 Å². The number of benzene rings is 1. The largest absolute Gasteiger partial charge is 0.360 e. The molecule has 1 aromatic carbocycles. The van der Waals surface area contributed by atoms with E-state index in [1.165, 1.54) is 12.1 Å². The van der Waals surface area contributed by atoms with Crippen LogP contribution >= 0.6 is 0 Å². The first-order valence-corrected chi connectivity index (χ1v) is 9.55. The Morgan fingerprint density at radius 2 is 2.00 bits per heavy atom. The Hall–Kier alpha value is -4.27. The van der Waals surface area contributed by atoms with Crippen molar-refractivity contribution in [2.24, 2.45) is 0 Å². The van der Waals surface area contributed by atoms with E-state index in [0.29, 0.717) is 34.8 Å². The molecular weight excluding hydrogens is 399 g/mol. The van der Waals surface area contributed by atoms with Crippen molar-refractivity contribution in [2.75, 3.05) is 5.32 Å². The Morgan fingerprint density at radius 3 is 2.81 bits per heavy atom. The first kappa shape index (κ1) is 18.7. The van der Waals surface area contributed by atoms with Crippen LogP contribution in [0.3, 0.4) is 0 Å². The van der Waals surface area contributed by atoms with E-state index in [1.54, 1.807) is 36.1 Å². The smallest absolute Gasteiger partial charge is 0.261 e. The molecule has 5 rings (SSSR count). The van der Waals surface area contributed by atoms with Crippen LogP contribution in [0.15, 0.2) is 71.8 Å². The number of halogens is 1. The van der Waals surface area contributed by atoms with Gasteiger partial charge in [0.2, 0.25) is 0 Å². The van der Waals surface area contributed by atoms with Gasteiger partial charge in [0.15, 0.2) is 0 Å². The van der Waals surface area contributed by atoms with Gasteiger partial charge in [0.25, 0.3) is 5.91 Å². The number of anilines is 1. The molecule has 0 aliphatic carbocycles. The van der Waals surface area contributed by atoms with E-state index in [0.717, 1.165) is 11.3 Å². The van der Waals surface area contributed by atoms with Crippen molar-refractivity contribution < 1.29 is 13.7 Å². The van der Waals surface area contributed by atoms with Gasteiger partial charge in [-0.05, 0) is 43.3 Å². The molecule has 1 amide bonds. The maximum Gasteiger partial charge on any atom is 0.261 e. The Labute approximate surface area is 175 Å². The maximum atomic E-state index is 13.2. The second kappa shape index (κ2) is 7.52. The average molecular weight is 416 g/mol. The van der Waals surface area contributed by atoms with E-state index < -0.39 is 0 Å². The summed E-state index contributed by atoms with van der Waals surface area (Å²) < 4.78 is 22.1. The minimum absolute atomic E-state index is 0.291. The molecule has 0 radical (unpaired) electrons. The van der Waals surface area contributed by atoms with E-state index >= 15 is 0 Å². The molecule has 4 heterocycles. The fourth-order valence-electron chi connectivity index (χ4n) is 3.38. The van der Waals surface area contributed by atoms with Crippen molar-refractivity contribution in [3.63, 3.8) is 0 Å². The topological polar surface area (TPSA) is 90.3 Å². The molecule has 4 aromatic heterocycles. The normalized spacial score (nSPS) is 11.2. The number of aryl methyl sites for hydroxylation is 1. The number of hydrogen-bond acceptors (Lipinski definition) is 5. The highest BCUT2D eigenvalue weighted by atomic mass is 19.1. The molecule has 0 aliphatic heterocycles. The summed E-state index contributed by atoms with van der Waals surface area (Å²) in [6.07, 6.45) is 7.15. The number of pyridine rings is 1. The van der Waals surface area contributed by atoms with E-state index in [9.17, 15) is 9.18 Å². The molecule has 0 atom stereocenters. The molecule has 0 aliphatic rings. The Morgan fingerprint density at radius 1 is 1.16 bits per heavy atom. The van der Waals surface area contributed by atoms with Gasteiger partial charge in [0, 0.05) is 24.2 Å². The first-order valence-electron chi connectivity index (χ1n) is 9.55. The molecule has 0 spiro atoms. The fourth-order valence-corrected chi connectivity index (χ4v) is 3.38. The predicted molar refractivity (Wildman–Crippen MR) is 111 cm³/mol. The van der Waals surface area contributed by atoms with Crippen molar-refractivity contribution >= 4 is 17.2 Å². The number of carbonyl (C=O) groups is 1. The summed E-state index contributed by atoms with van der Waals surface area (Å²) >= 11 is 0. The number of fused-ring (bicyclic) bond motifs is 1. The molecule has 9 heteroatoms. The van der Waals surface area contributed by atoms with E-state index in [1.807, 2.05) is 35.0 Å². The van der Waals surface area contributed by atoms with Gasteiger partial charge < -0.3 is 14.2 Å². The van der Waals surface area contributed by atoms with E-state index in [-0.39, 0.29) is 11.7 Å². The molecule has 0 saturated heterocycles. The standard InChI is InChI=1S/C22H17FN6O2/c1-14-20(21(27-31-14)15-5-7-16(23)8-6-15)22(30)26-17-10-24-29(12-17)13-18-11-28-9-3-2-4-19(28)25-18/h2-12H,13H2,1H3,(H,26,30). The number of nitrogens with one attached hydrogen (secondary N) is 1. The zero-order valence-corrected chi connectivity index (χ0v) is 16.5. The molecule has 5 aromatic rings. The molecule has 0 bridgehead atoms. The summed E-state index contributed by atoms with van der Waals surface area (Å²) in [5, 5.41) is 11.1. The monoisotopic (exact) mass is 416 g/mol. The zero-order valence-electron chi connectivity index (χ0n) is 16.5. The molecule has 1 N–H and O–H groups in total. The second-order valence-electron chi connectivity index (χ2n) is 7.05. The molecule has 0 saturated carbocycles. The number of amides is 1. The quantitative estimate of drug-likeness (QED) is 0.469. The summed E-state index contributed by atoms with van der Waals surface area (Å²) in [4.78, 5) is 17.5. The summed E-state index contributed by atoms with van der Waals surface area (Å²) in [6, 6.07) is 11.5. The van der Waals surface area contributed by atoms with Crippen molar-refractivity contribution in [3.05, 3.63) is 90.1 Å². The predicted octanol–water partition coefficient (Wildman–Crippen LogP) is 3.93. The zero-order chi connectivity index (χ0) is 21.4. The average Bonchev–Trinajstić information content (AvgIpc) is 3.47. The third-order valence-electron chi connectivity index (χ3n) is 4.84. The van der Waals surface area contributed by atoms with Crippen LogP contribution in [0.2, 0.25) is 0 Å². The highest BCUT2D eigenvalue weighted by Crippen LogP contribution is 2.26. The van der Waals surface area contributed by atoms with Gasteiger partial charge >= 0.3 is 0 Å². The van der Waals surface area contributed by atoms with Crippen LogP contribution in [-0.4, -0.2) is 30.2 Å². The highest BCUT2D eigenvalue weighted by Gasteiger charge is 2.22. The molecule has 154 valence electrons. The maximum absolute atomic E-state index is 13.2. The third-order valence-corrected chi connectivity index (χ3v) is 4.84. The van der Waals surface area contributed by atoms with Crippen LogP contribution in [0.5, 0.6) is 0 Å². The van der Waals surface area contributed by atoms with Crippen molar-refractivity contribution in [1.82, 2.24) is 24.3 Å². The van der Waals surface area contributed by atoms with Gasteiger partial charge in [-0.25, -0.2) is 9.37 Å². The molecular formula is C22H17FN6O2. The lowest BCUT2D eigenvalue weighted by Crippen LogP contribution is -2.13. The minimum atomic E-state index is -0.384. The van der Waals surface area contributed by atoms with E-state index in [4.69, 9.17) is 4.52 Å². The number of nitrogens with zero attached hydrogens (tertiary/aromatic N) is 5. The number of aromatic nitrogens is 5. The van der Waals surface area contributed by atoms with Crippen molar-refractivity contribution in [3.8, 4) is 11.3 Å². The SMILES string of the molecule is Cc1onc(-c2ccc(F)cc2)c1C(=O)Nc1cnn(Cc2cn3ccccc3n2)c1. The van der Waals surface area contributed by atoms with E-state index in [2.05, 4.69) is 20.6 Å². The molecule has 8 nitrogen and oxygen atoms in total. The fraction of sp³-hybridized carbons (Fsp3) is 0.0909. The lowest BCUT2D eigenvalue weighted by atomic mass is 10.1. The lowest BCUT2D eigenvalue weighted by Gasteiger charge is -2.04. The van der Waals surface area contributed by atoms with Crippen LogP contribution in [0, 0.1) is 12.7 Å². The van der Waals surface area contributed by atoms with Crippen LogP contribution < -0.4 is 5.32 Å². The van der Waals surface area contributed by atoms with Gasteiger partial charge in [-0.3, -0.25) is 9.48 Å². The summed E-state index contributed by atoms with van der Waals surface area (Å²) in [5.74, 6) is -0.382. The first-order chi connectivity index (χ1) is 15.1. The van der Waals surface area contributed by atoms with Crippen molar-refractivity contribution in [2.45, 2.75) is 13.5 Å². The van der Waals surface area contributed by atoms with Gasteiger partial charge in [-0.1, -0.05) is 11.2 Å². The molecule has 0 unspecified atom stereocenters. The highest BCUT2D eigenvalue weighted by molar-refractivity contribution is 6.08. The van der Waals surface area contributed by atoms with Crippen LogP contribution in [-0.2, 0) is 6.54 Å². The number of carbonyl (C=O) groups excluding carboxylic acids is 1. The van der Waals surface area contributed by atoms with Gasteiger partial charge in [0.1, 0.15) is 28.5 Å². The summed E-state index contributed by atoms with van der Waals surface area (Å²) in [7, 11) is 0. The lowest BCUT2D eigenvalue weighted by molar-refractivity contribution is 0.102. The number of rotatable bonds is 5. The van der Waals surface area contributed by atoms with Gasteiger partial charge in [-0.15, -0.1) is 0 Å². The Balaban J connectivity index is 1.34. The van der Waals surface area contributed by atoms with Gasteiger partial charge in [-0.2, -0.15) is 5.10 Å². The number of hydrogen-bond donors (Lipinski definition) is 1. The van der Waals surface area contributed by atoms with Crippen LogP contribution in [0.25, 0.3) is 16.9 Å². The summed E-state index contributed by atoms with van der Waals surface area (Å²) in [5.41, 5.74) is 3.47. The van der Waals surface area contributed by atoms with Crippen LogP contribution in [0.4, 0.5) is 10.1 Å². The number of imidazole rings is 1. The molecule has 31 heavy (non-hydrogen) atoms. The van der Waals surface area contributed by atoms with Gasteiger partial charge in [0.05, 0.1) is 24.1 Å². The molecule has 0 fully saturated rings. The Bertz CT molecular complexity index is 1350. The second-order valence-corrected chi connectivity index (χ2v) is 7.05. The third kappa shape index (κ3) is 3.68.